The molecule has 0 saturated carbocycles. The van der Waals surface area contributed by atoms with Gasteiger partial charge >= 0.3 is 0 Å². The van der Waals surface area contributed by atoms with Crippen LogP contribution in [0.1, 0.15) is 52.2 Å². The molecule has 0 unspecified atom stereocenters. The van der Waals surface area contributed by atoms with Crippen molar-refractivity contribution >= 4 is 17.2 Å². The van der Waals surface area contributed by atoms with Crippen LogP contribution in [0.25, 0.3) is 0 Å². The third-order valence-corrected chi connectivity index (χ3v) is 6.57. The molecule has 0 bridgehead atoms. The lowest BCUT2D eigenvalue weighted by Crippen LogP contribution is -2.41. The molecule has 0 radical (unpaired) electrons. The summed E-state index contributed by atoms with van der Waals surface area (Å²) < 4.78 is 0. The van der Waals surface area contributed by atoms with E-state index < -0.39 is 0 Å². The minimum atomic E-state index is 0.282. The average molecular weight is 304 g/mol. The van der Waals surface area contributed by atoms with Crippen molar-refractivity contribution < 1.29 is 4.79 Å². The molecule has 1 aliphatic carbocycles. The first-order valence-electron chi connectivity index (χ1n) is 8.45. The van der Waals surface area contributed by atoms with Gasteiger partial charge in [-0.1, -0.05) is 6.42 Å². The highest BCUT2D eigenvalue weighted by molar-refractivity contribution is 7.14. The van der Waals surface area contributed by atoms with Crippen molar-refractivity contribution in [1.29, 1.82) is 0 Å². The summed E-state index contributed by atoms with van der Waals surface area (Å²) in [4.78, 5) is 17.4. The molecule has 0 spiro atoms. The molecule has 1 amide bonds. The number of thiophene rings is 1. The van der Waals surface area contributed by atoms with Gasteiger partial charge in [-0.25, -0.2) is 0 Å². The van der Waals surface area contributed by atoms with Crippen LogP contribution >= 0.6 is 11.3 Å². The van der Waals surface area contributed by atoms with E-state index in [0.717, 1.165) is 24.5 Å². The van der Waals surface area contributed by atoms with E-state index in [1.54, 1.807) is 11.3 Å². The van der Waals surface area contributed by atoms with Crippen molar-refractivity contribution in [3.8, 4) is 0 Å². The fraction of sp³-hybridized carbons (Fsp3) is 0.706. The molecule has 3 heterocycles. The van der Waals surface area contributed by atoms with Gasteiger partial charge in [-0.05, 0) is 62.6 Å². The summed E-state index contributed by atoms with van der Waals surface area (Å²) in [7, 11) is 0. The fourth-order valence-electron chi connectivity index (χ4n) is 4.14. The van der Waals surface area contributed by atoms with E-state index in [-0.39, 0.29) is 5.91 Å². The lowest BCUT2D eigenvalue weighted by molar-refractivity contribution is 0.0790. The molecule has 114 valence electrons. The SMILES string of the molecule is O=C(c1cc2c(s1)CCCCC2)N1C[C@@H]2CCCN[C@@H]2C1. The molecule has 2 saturated heterocycles. The van der Waals surface area contributed by atoms with Crippen molar-refractivity contribution in [2.24, 2.45) is 5.92 Å². The van der Waals surface area contributed by atoms with E-state index in [1.165, 1.54) is 55.4 Å². The molecular weight excluding hydrogens is 280 g/mol. The predicted octanol–water partition coefficient (Wildman–Crippen LogP) is 2.84. The molecule has 1 N–H and O–H groups in total. The monoisotopic (exact) mass is 304 g/mol. The van der Waals surface area contributed by atoms with Gasteiger partial charge in [0.2, 0.25) is 0 Å². The Kier molecular flexibility index (Phi) is 3.76. The van der Waals surface area contributed by atoms with Crippen LogP contribution < -0.4 is 5.32 Å². The molecule has 0 aromatic carbocycles. The van der Waals surface area contributed by atoms with Crippen molar-refractivity contribution in [3.63, 3.8) is 0 Å². The number of hydrogen-bond donors (Lipinski definition) is 1. The number of likely N-dealkylation sites (tertiary alicyclic amines) is 1. The summed E-state index contributed by atoms with van der Waals surface area (Å²) in [6.07, 6.45) is 8.81. The summed E-state index contributed by atoms with van der Waals surface area (Å²) in [6.45, 7) is 2.99. The second-order valence-corrected chi connectivity index (χ2v) is 7.93. The second kappa shape index (κ2) is 5.73. The van der Waals surface area contributed by atoms with Crippen molar-refractivity contribution in [2.45, 2.75) is 51.0 Å². The molecule has 21 heavy (non-hydrogen) atoms. The Morgan fingerprint density at radius 2 is 2.10 bits per heavy atom. The minimum absolute atomic E-state index is 0.282. The molecule has 3 aliphatic rings. The first-order chi connectivity index (χ1) is 10.3. The summed E-state index contributed by atoms with van der Waals surface area (Å²) >= 11 is 1.77. The lowest BCUT2D eigenvalue weighted by Gasteiger charge is -2.24. The van der Waals surface area contributed by atoms with Crippen LogP contribution in [0.4, 0.5) is 0 Å². The average Bonchev–Trinajstić information content (AvgIpc) is 3.05. The van der Waals surface area contributed by atoms with Gasteiger partial charge in [0.15, 0.2) is 0 Å². The van der Waals surface area contributed by atoms with Gasteiger partial charge in [0.25, 0.3) is 5.91 Å². The maximum atomic E-state index is 12.8. The smallest absolute Gasteiger partial charge is 0.264 e. The Morgan fingerprint density at radius 3 is 3.00 bits per heavy atom. The van der Waals surface area contributed by atoms with Crippen LogP contribution in [0, 0.1) is 5.92 Å². The van der Waals surface area contributed by atoms with Gasteiger partial charge in [0.05, 0.1) is 4.88 Å². The third-order valence-electron chi connectivity index (χ3n) is 5.34. The molecule has 4 rings (SSSR count). The Bertz CT molecular complexity index is 501. The number of carbonyl (C=O) groups excluding carboxylic acids is 1. The molecule has 1 aromatic rings. The van der Waals surface area contributed by atoms with Crippen LogP contribution in [-0.4, -0.2) is 36.5 Å². The van der Waals surface area contributed by atoms with Gasteiger partial charge in [0.1, 0.15) is 0 Å². The number of nitrogens with one attached hydrogen (secondary N) is 1. The van der Waals surface area contributed by atoms with Crippen LogP contribution in [-0.2, 0) is 12.8 Å². The Balaban J connectivity index is 1.50. The minimum Gasteiger partial charge on any atom is -0.336 e. The predicted molar refractivity (Wildman–Crippen MR) is 86.0 cm³/mol. The maximum Gasteiger partial charge on any atom is 0.264 e. The Hall–Kier alpha value is -0.870. The zero-order valence-corrected chi connectivity index (χ0v) is 13.4. The van der Waals surface area contributed by atoms with Crippen molar-refractivity contribution in [2.75, 3.05) is 19.6 Å². The topological polar surface area (TPSA) is 32.3 Å². The van der Waals surface area contributed by atoms with E-state index in [4.69, 9.17) is 0 Å². The summed E-state index contributed by atoms with van der Waals surface area (Å²) in [5, 5.41) is 3.58. The zero-order chi connectivity index (χ0) is 14.2. The number of aryl methyl sites for hydroxylation is 2. The number of carbonyl (C=O) groups is 1. The molecule has 2 aliphatic heterocycles. The zero-order valence-electron chi connectivity index (χ0n) is 12.6. The van der Waals surface area contributed by atoms with E-state index >= 15 is 0 Å². The molecule has 3 nitrogen and oxygen atoms in total. The van der Waals surface area contributed by atoms with Gasteiger partial charge < -0.3 is 10.2 Å². The highest BCUT2D eigenvalue weighted by atomic mass is 32.1. The first-order valence-corrected chi connectivity index (χ1v) is 9.27. The third kappa shape index (κ3) is 2.64. The number of nitrogens with zero attached hydrogens (tertiary/aromatic N) is 1. The van der Waals surface area contributed by atoms with Crippen molar-refractivity contribution in [3.05, 3.63) is 21.4 Å². The van der Waals surface area contributed by atoms with Crippen molar-refractivity contribution in [1.82, 2.24) is 10.2 Å². The summed E-state index contributed by atoms with van der Waals surface area (Å²) in [6, 6.07) is 2.74. The van der Waals surface area contributed by atoms with E-state index in [9.17, 15) is 4.79 Å². The second-order valence-electron chi connectivity index (χ2n) is 6.79. The number of fused-ring (bicyclic) bond motifs is 2. The quantitative estimate of drug-likeness (QED) is 0.809. The number of amides is 1. The number of hydrogen-bond acceptors (Lipinski definition) is 3. The van der Waals surface area contributed by atoms with Gasteiger partial charge in [-0.2, -0.15) is 0 Å². The van der Waals surface area contributed by atoms with Gasteiger partial charge in [-0.15, -0.1) is 11.3 Å². The Labute approximate surface area is 130 Å². The maximum absolute atomic E-state index is 12.8. The molecule has 4 heteroatoms. The highest BCUT2D eigenvalue weighted by Crippen LogP contribution is 2.32. The van der Waals surface area contributed by atoms with Crippen LogP contribution in [0.5, 0.6) is 0 Å². The molecular formula is C17H24N2OS. The standard InChI is InChI=1S/C17H24N2OS/c20-17(19-10-13-6-4-8-18-14(13)11-19)16-9-12-5-2-1-3-7-15(12)21-16/h9,13-14,18H,1-8,10-11H2/t13-,14+/m0/s1. The summed E-state index contributed by atoms with van der Waals surface area (Å²) in [5.74, 6) is 0.963. The van der Waals surface area contributed by atoms with Crippen LogP contribution in [0.15, 0.2) is 6.07 Å². The molecule has 2 fully saturated rings. The highest BCUT2D eigenvalue weighted by Gasteiger charge is 2.37. The first kappa shape index (κ1) is 13.8. The largest absolute Gasteiger partial charge is 0.336 e. The van der Waals surface area contributed by atoms with E-state index in [2.05, 4.69) is 16.3 Å². The van der Waals surface area contributed by atoms with Gasteiger partial charge in [-0.3, -0.25) is 4.79 Å². The van der Waals surface area contributed by atoms with Crippen LogP contribution in [0.3, 0.4) is 0 Å². The number of piperidine rings is 1. The fourth-order valence-corrected chi connectivity index (χ4v) is 5.36. The Morgan fingerprint density at radius 1 is 1.19 bits per heavy atom. The van der Waals surface area contributed by atoms with E-state index in [0.29, 0.717) is 12.0 Å². The van der Waals surface area contributed by atoms with E-state index in [1.807, 2.05) is 0 Å². The summed E-state index contributed by atoms with van der Waals surface area (Å²) in [5.41, 5.74) is 1.45. The van der Waals surface area contributed by atoms with Crippen LogP contribution in [0.2, 0.25) is 0 Å². The lowest BCUT2D eigenvalue weighted by atomic mass is 9.94. The molecule has 2 atom stereocenters. The normalized spacial score (nSPS) is 28.9. The number of rotatable bonds is 1. The van der Waals surface area contributed by atoms with Gasteiger partial charge in [0, 0.05) is 24.0 Å². The molecule has 1 aromatic heterocycles.